The van der Waals surface area contributed by atoms with Gasteiger partial charge in [0.25, 0.3) is 0 Å². The van der Waals surface area contributed by atoms with Gasteiger partial charge in [0.15, 0.2) is 0 Å². The molecule has 24 heavy (non-hydrogen) atoms. The van der Waals surface area contributed by atoms with Gasteiger partial charge in [-0.15, -0.1) is 0 Å². The lowest BCUT2D eigenvalue weighted by Gasteiger charge is -2.39. The minimum absolute atomic E-state index is 0.00559. The maximum absolute atomic E-state index is 11.5. The molecule has 0 atom stereocenters. The molecule has 1 N–H and O–H groups in total. The molecule has 142 valence electrons. The number of rotatable bonds is 16. The van der Waals surface area contributed by atoms with Crippen LogP contribution in [0.15, 0.2) is 12.2 Å². The van der Waals surface area contributed by atoms with Gasteiger partial charge in [0, 0.05) is 12.1 Å². The lowest BCUT2D eigenvalue weighted by atomic mass is 10.1. The standard InChI is InChI=1S/C21H42N2O/c1-6-9-16-23(17-10-7-2,18-11-8-3)19-14-12-13-15-22-21(24)20(4)5/h4,6-19H2,1-3,5H3/p+1. The molecule has 1 amide bonds. The lowest BCUT2D eigenvalue weighted by molar-refractivity contribution is -0.929. The van der Waals surface area contributed by atoms with Crippen LogP contribution in [-0.2, 0) is 4.79 Å². The first kappa shape index (κ1) is 23.2. The SMILES string of the molecule is C=C(C)C(=O)NCCCCC[N+](CCCC)(CCCC)CCCC. The van der Waals surface area contributed by atoms with Crippen LogP contribution in [0.1, 0.15) is 85.5 Å². The van der Waals surface area contributed by atoms with Gasteiger partial charge in [-0.05, 0) is 45.4 Å². The van der Waals surface area contributed by atoms with E-state index in [2.05, 4.69) is 32.7 Å². The minimum Gasteiger partial charge on any atom is -0.352 e. The molecule has 0 aromatic rings. The molecule has 0 aliphatic carbocycles. The smallest absolute Gasteiger partial charge is 0.246 e. The zero-order chi connectivity index (χ0) is 18.3. The van der Waals surface area contributed by atoms with Crippen molar-refractivity contribution in [2.75, 3.05) is 32.7 Å². The van der Waals surface area contributed by atoms with E-state index in [0.717, 1.165) is 13.0 Å². The first-order chi connectivity index (χ1) is 11.5. The molecule has 0 aliphatic rings. The van der Waals surface area contributed by atoms with Crippen LogP contribution in [-0.4, -0.2) is 43.1 Å². The number of quaternary nitrogens is 1. The van der Waals surface area contributed by atoms with Crippen LogP contribution in [0.4, 0.5) is 0 Å². The van der Waals surface area contributed by atoms with E-state index in [-0.39, 0.29) is 5.91 Å². The molecule has 0 aliphatic heterocycles. The highest BCUT2D eigenvalue weighted by atomic mass is 16.1. The van der Waals surface area contributed by atoms with E-state index in [1.807, 2.05) is 0 Å². The molecular weight excluding hydrogens is 296 g/mol. The monoisotopic (exact) mass is 339 g/mol. The van der Waals surface area contributed by atoms with Crippen molar-refractivity contribution >= 4 is 5.91 Å². The number of hydrogen-bond donors (Lipinski definition) is 1. The highest BCUT2D eigenvalue weighted by Crippen LogP contribution is 2.17. The molecule has 0 aromatic heterocycles. The molecule has 0 unspecified atom stereocenters. The van der Waals surface area contributed by atoms with Crippen LogP contribution in [0.2, 0.25) is 0 Å². The van der Waals surface area contributed by atoms with E-state index < -0.39 is 0 Å². The van der Waals surface area contributed by atoms with Crippen molar-refractivity contribution in [3.8, 4) is 0 Å². The lowest BCUT2D eigenvalue weighted by Crippen LogP contribution is -2.50. The molecule has 3 nitrogen and oxygen atoms in total. The average molecular weight is 340 g/mol. The van der Waals surface area contributed by atoms with Gasteiger partial charge in [0.1, 0.15) is 0 Å². The Balaban J connectivity index is 4.30. The Morgan fingerprint density at radius 1 is 0.792 bits per heavy atom. The molecule has 0 fully saturated rings. The Morgan fingerprint density at radius 2 is 1.25 bits per heavy atom. The van der Waals surface area contributed by atoms with Gasteiger partial charge in [-0.3, -0.25) is 4.79 Å². The van der Waals surface area contributed by atoms with Crippen molar-refractivity contribution in [1.29, 1.82) is 0 Å². The first-order valence-corrected chi connectivity index (χ1v) is 10.3. The molecule has 0 spiro atoms. The molecular formula is C21H43N2O+. The highest BCUT2D eigenvalue weighted by Gasteiger charge is 2.24. The van der Waals surface area contributed by atoms with Crippen molar-refractivity contribution in [2.24, 2.45) is 0 Å². The fourth-order valence-corrected chi connectivity index (χ4v) is 3.25. The van der Waals surface area contributed by atoms with Crippen LogP contribution in [0.25, 0.3) is 0 Å². The normalized spacial score (nSPS) is 11.5. The topological polar surface area (TPSA) is 29.1 Å². The van der Waals surface area contributed by atoms with E-state index >= 15 is 0 Å². The molecule has 0 aromatic carbocycles. The quantitative estimate of drug-likeness (QED) is 0.237. The second-order valence-corrected chi connectivity index (χ2v) is 7.39. The Bertz CT molecular complexity index is 317. The zero-order valence-electron chi connectivity index (χ0n) is 17.0. The third-order valence-electron chi connectivity index (χ3n) is 4.94. The van der Waals surface area contributed by atoms with Crippen LogP contribution < -0.4 is 5.32 Å². The maximum Gasteiger partial charge on any atom is 0.246 e. The number of carbonyl (C=O) groups excluding carboxylic acids is 1. The van der Waals surface area contributed by atoms with Crippen LogP contribution in [0, 0.1) is 0 Å². The Labute approximate surface area is 151 Å². The number of nitrogens with zero attached hydrogens (tertiary/aromatic N) is 1. The fraction of sp³-hybridized carbons (Fsp3) is 0.857. The van der Waals surface area contributed by atoms with Gasteiger partial charge in [0.05, 0.1) is 26.2 Å². The van der Waals surface area contributed by atoms with E-state index in [4.69, 9.17) is 0 Å². The Kier molecular flexibility index (Phi) is 14.0. The third-order valence-corrected chi connectivity index (χ3v) is 4.94. The predicted molar refractivity (Wildman–Crippen MR) is 106 cm³/mol. The molecule has 0 bridgehead atoms. The number of amides is 1. The summed E-state index contributed by atoms with van der Waals surface area (Å²) in [4.78, 5) is 11.5. The van der Waals surface area contributed by atoms with Gasteiger partial charge in [-0.1, -0.05) is 46.6 Å². The highest BCUT2D eigenvalue weighted by molar-refractivity contribution is 5.91. The summed E-state index contributed by atoms with van der Waals surface area (Å²) in [6, 6.07) is 0. The van der Waals surface area contributed by atoms with E-state index in [1.165, 1.54) is 82.0 Å². The average Bonchev–Trinajstić information content (AvgIpc) is 2.58. The Morgan fingerprint density at radius 3 is 1.67 bits per heavy atom. The molecule has 0 heterocycles. The summed E-state index contributed by atoms with van der Waals surface area (Å²) in [6.45, 7) is 18.5. The maximum atomic E-state index is 11.5. The summed E-state index contributed by atoms with van der Waals surface area (Å²) in [5, 5.41) is 2.94. The summed E-state index contributed by atoms with van der Waals surface area (Å²) in [7, 11) is 0. The van der Waals surface area contributed by atoms with Gasteiger partial charge < -0.3 is 9.80 Å². The van der Waals surface area contributed by atoms with Gasteiger partial charge in [-0.2, -0.15) is 0 Å². The number of nitrogens with one attached hydrogen (secondary N) is 1. The van der Waals surface area contributed by atoms with Gasteiger partial charge in [0.2, 0.25) is 5.91 Å². The van der Waals surface area contributed by atoms with Crippen molar-refractivity contribution in [3.63, 3.8) is 0 Å². The second-order valence-electron chi connectivity index (χ2n) is 7.39. The molecule has 0 rings (SSSR count). The number of unbranched alkanes of at least 4 members (excludes halogenated alkanes) is 5. The van der Waals surface area contributed by atoms with Crippen molar-refractivity contribution in [2.45, 2.75) is 85.5 Å². The van der Waals surface area contributed by atoms with Gasteiger partial charge >= 0.3 is 0 Å². The fourth-order valence-electron chi connectivity index (χ4n) is 3.25. The van der Waals surface area contributed by atoms with Gasteiger partial charge in [-0.25, -0.2) is 0 Å². The summed E-state index contributed by atoms with van der Waals surface area (Å²) in [5.41, 5.74) is 0.601. The van der Waals surface area contributed by atoms with Crippen LogP contribution in [0.3, 0.4) is 0 Å². The minimum atomic E-state index is -0.00559. The molecule has 0 saturated carbocycles. The van der Waals surface area contributed by atoms with E-state index in [9.17, 15) is 4.79 Å². The number of hydrogen-bond acceptors (Lipinski definition) is 1. The van der Waals surface area contributed by atoms with Crippen molar-refractivity contribution in [1.82, 2.24) is 5.32 Å². The Hall–Kier alpha value is -0.830. The van der Waals surface area contributed by atoms with E-state index in [0.29, 0.717) is 5.57 Å². The van der Waals surface area contributed by atoms with Crippen molar-refractivity contribution < 1.29 is 9.28 Å². The summed E-state index contributed by atoms with van der Waals surface area (Å²) in [6.07, 6.45) is 11.5. The summed E-state index contributed by atoms with van der Waals surface area (Å²) < 4.78 is 1.33. The summed E-state index contributed by atoms with van der Waals surface area (Å²) >= 11 is 0. The largest absolute Gasteiger partial charge is 0.352 e. The molecule has 3 heteroatoms. The predicted octanol–water partition coefficient (Wildman–Crippen LogP) is 5.07. The van der Waals surface area contributed by atoms with Crippen LogP contribution in [0.5, 0.6) is 0 Å². The molecule has 0 radical (unpaired) electrons. The first-order valence-electron chi connectivity index (χ1n) is 10.3. The third kappa shape index (κ3) is 10.9. The number of carbonyl (C=O) groups is 1. The van der Waals surface area contributed by atoms with Crippen molar-refractivity contribution in [3.05, 3.63) is 12.2 Å². The summed E-state index contributed by atoms with van der Waals surface area (Å²) in [5.74, 6) is -0.00559. The van der Waals surface area contributed by atoms with E-state index in [1.54, 1.807) is 6.92 Å². The second kappa shape index (κ2) is 14.5. The molecule has 0 saturated heterocycles. The zero-order valence-corrected chi connectivity index (χ0v) is 17.0. The van der Waals surface area contributed by atoms with Crippen LogP contribution >= 0.6 is 0 Å².